The van der Waals surface area contributed by atoms with Crippen LogP contribution in [0.3, 0.4) is 0 Å². The molecule has 0 radical (unpaired) electrons. The maximum absolute atomic E-state index is 13.2. The van der Waals surface area contributed by atoms with Crippen molar-refractivity contribution in [2.24, 2.45) is 5.92 Å². The van der Waals surface area contributed by atoms with Crippen LogP contribution in [-0.4, -0.2) is 38.8 Å². The molecule has 30 heavy (non-hydrogen) atoms. The van der Waals surface area contributed by atoms with Gasteiger partial charge in [0.25, 0.3) is 11.5 Å². The molecule has 1 amide bonds. The van der Waals surface area contributed by atoms with E-state index < -0.39 is 17.2 Å². The van der Waals surface area contributed by atoms with E-state index in [-0.39, 0.29) is 30.0 Å². The van der Waals surface area contributed by atoms with E-state index in [1.807, 2.05) is 0 Å². The summed E-state index contributed by atoms with van der Waals surface area (Å²) >= 11 is 0. The molecule has 0 aliphatic heterocycles. The molecule has 3 N–H and O–H groups in total. The number of benzene rings is 1. The van der Waals surface area contributed by atoms with Gasteiger partial charge in [-0.05, 0) is 54.5 Å². The molecule has 1 aliphatic rings. The van der Waals surface area contributed by atoms with E-state index in [2.05, 4.69) is 10.3 Å². The SMILES string of the molecule is O=C(NCCO)c1c(O)c2ncc(Cc3ccc(F)cc3)cc2n(CC2CC2)c1=O. The number of aliphatic hydroxyl groups is 1. The molecule has 1 aliphatic carbocycles. The number of carbonyl (C=O) groups excluding carboxylic acids is 1. The summed E-state index contributed by atoms with van der Waals surface area (Å²) < 4.78 is 14.7. The lowest BCUT2D eigenvalue weighted by Gasteiger charge is -2.15. The summed E-state index contributed by atoms with van der Waals surface area (Å²) in [6.07, 6.45) is 4.07. The Morgan fingerprint density at radius 3 is 2.63 bits per heavy atom. The number of pyridine rings is 2. The largest absolute Gasteiger partial charge is 0.505 e. The zero-order valence-corrected chi connectivity index (χ0v) is 16.3. The van der Waals surface area contributed by atoms with Crippen molar-refractivity contribution in [3.8, 4) is 5.75 Å². The molecule has 1 fully saturated rings. The predicted octanol–water partition coefficient (Wildman–Crippen LogP) is 1.96. The monoisotopic (exact) mass is 411 g/mol. The number of halogens is 1. The zero-order chi connectivity index (χ0) is 21.3. The van der Waals surface area contributed by atoms with E-state index >= 15 is 0 Å². The van der Waals surface area contributed by atoms with Crippen molar-refractivity contribution in [2.75, 3.05) is 13.2 Å². The van der Waals surface area contributed by atoms with Gasteiger partial charge in [-0.1, -0.05) is 12.1 Å². The molecule has 156 valence electrons. The number of nitrogens with one attached hydrogen (secondary N) is 1. The van der Waals surface area contributed by atoms with Crippen molar-refractivity contribution >= 4 is 16.9 Å². The molecule has 0 saturated heterocycles. The summed E-state index contributed by atoms with van der Waals surface area (Å²) in [6.45, 7) is 0.140. The Bertz CT molecular complexity index is 1150. The number of carbonyl (C=O) groups is 1. The Hall–Kier alpha value is -3.26. The molecule has 3 aromatic rings. The van der Waals surface area contributed by atoms with Gasteiger partial charge in [-0.25, -0.2) is 4.39 Å². The molecule has 1 saturated carbocycles. The molecule has 2 aromatic heterocycles. The van der Waals surface area contributed by atoms with Crippen molar-refractivity contribution < 1.29 is 19.4 Å². The zero-order valence-electron chi connectivity index (χ0n) is 16.3. The Morgan fingerprint density at radius 1 is 1.23 bits per heavy atom. The normalized spacial score (nSPS) is 13.5. The molecule has 2 heterocycles. The molecule has 7 nitrogen and oxygen atoms in total. The summed E-state index contributed by atoms with van der Waals surface area (Å²) in [5, 5.41) is 22.0. The van der Waals surface area contributed by atoms with Gasteiger partial charge >= 0.3 is 0 Å². The van der Waals surface area contributed by atoms with Crippen molar-refractivity contribution in [1.29, 1.82) is 0 Å². The number of fused-ring (bicyclic) bond motifs is 1. The highest BCUT2D eigenvalue weighted by atomic mass is 19.1. The van der Waals surface area contributed by atoms with Crippen molar-refractivity contribution in [2.45, 2.75) is 25.8 Å². The van der Waals surface area contributed by atoms with E-state index in [0.717, 1.165) is 24.0 Å². The summed E-state index contributed by atoms with van der Waals surface area (Å²) in [5.74, 6) is -1.17. The first-order valence-corrected chi connectivity index (χ1v) is 9.86. The second-order valence-electron chi connectivity index (χ2n) is 7.58. The van der Waals surface area contributed by atoms with Crippen LogP contribution in [0.25, 0.3) is 11.0 Å². The quantitative estimate of drug-likeness (QED) is 0.551. The van der Waals surface area contributed by atoms with E-state index in [1.54, 1.807) is 24.4 Å². The van der Waals surface area contributed by atoms with Crippen LogP contribution in [0.15, 0.2) is 41.3 Å². The van der Waals surface area contributed by atoms with Gasteiger partial charge < -0.3 is 20.1 Å². The van der Waals surface area contributed by atoms with Crippen LogP contribution in [0, 0.1) is 11.7 Å². The minimum atomic E-state index is -0.741. The van der Waals surface area contributed by atoms with E-state index in [1.165, 1.54) is 16.7 Å². The van der Waals surface area contributed by atoms with E-state index in [9.17, 15) is 19.1 Å². The fourth-order valence-corrected chi connectivity index (χ4v) is 3.48. The number of aromatic nitrogens is 2. The second-order valence-corrected chi connectivity index (χ2v) is 7.58. The standard InChI is InChI=1S/C22H22FN3O4/c23-16-5-3-13(4-6-16)9-15-10-17-19(25-11-15)20(28)18(21(29)24-7-8-27)22(30)26(17)12-14-1-2-14/h3-6,10-11,14,27-28H,1-2,7-9,12H2,(H,24,29). The molecule has 0 spiro atoms. The van der Waals surface area contributed by atoms with Gasteiger partial charge in [-0.15, -0.1) is 0 Å². The van der Waals surface area contributed by atoms with Crippen LogP contribution in [-0.2, 0) is 13.0 Å². The molecule has 0 bridgehead atoms. The topological polar surface area (TPSA) is 104 Å². The first kappa shape index (κ1) is 20.0. The average Bonchev–Trinajstić information content (AvgIpc) is 3.55. The minimum absolute atomic E-state index is 0.0254. The Morgan fingerprint density at radius 2 is 1.97 bits per heavy atom. The number of hydrogen-bond donors (Lipinski definition) is 3. The maximum atomic E-state index is 13.2. The smallest absolute Gasteiger partial charge is 0.267 e. The number of amides is 1. The number of hydrogen-bond acceptors (Lipinski definition) is 5. The second kappa shape index (κ2) is 8.23. The maximum Gasteiger partial charge on any atom is 0.267 e. The number of rotatable bonds is 7. The first-order valence-electron chi connectivity index (χ1n) is 9.86. The highest BCUT2D eigenvalue weighted by Gasteiger charge is 2.27. The van der Waals surface area contributed by atoms with Gasteiger partial charge in [0.2, 0.25) is 0 Å². The van der Waals surface area contributed by atoms with Gasteiger partial charge in [-0.2, -0.15) is 0 Å². The lowest BCUT2D eigenvalue weighted by molar-refractivity contribution is 0.0940. The van der Waals surface area contributed by atoms with Crippen LogP contribution in [0.1, 0.15) is 34.3 Å². The molecular weight excluding hydrogens is 389 g/mol. The third-order valence-corrected chi connectivity index (χ3v) is 5.22. The first-order chi connectivity index (χ1) is 14.5. The van der Waals surface area contributed by atoms with Crippen molar-refractivity contribution in [3.63, 3.8) is 0 Å². The molecule has 0 unspecified atom stereocenters. The Balaban J connectivity index is 1.80. The van der Waals surface area contributed by atoms with Gasteiger partial charge in [0.05, 0.1) is 12.1 Å². The number of aromatic hydroxyl groups is 1. The average molecular weight is 411 g/mol. The number of nitrogens with zero attached hydrogens (tertiary/aromatic N) is 2. The van der Waals surface area contributed by atoms with Crippen LogP contribution in [0.4, 0.5) is 4.39 Å². The predicted molar refractivity (Wildman–Crippen MR) is 109 cm³/mol. The van der Waals surface area contributed by atoms with Crippen molar-refractivity contribution in [3.05, 3.63) is 69.4 Å². The van der Waals surface area contributed by atoms with Crippen LogP contribution in [0.5, 0.6) is 5.75 Å². The molecule has 4 rings (SSSR count). The minimum Gasteiger partial charge on any atom is -0.505 e. The van der Waals surface area contributed by atoms with E-state index in [0.29, 0.717) is 24.4 Å². The van der Waals surface area contributed by atoms with Gasteiger partial charge in [0.1, 0.15) is 16.9 Å². The fourth-order valence-electron chi connectivity index (χ4n) is 3.48. The Labute approximate surface area is 171 Å². The highest BCUT2D eigenvalue weighted by molar-refractivity contribution is 6.01. The highest BCUT2D eigenvalue weighted by Crippen LogP contribution is 2.33. The molecule has 8 heteroatoms. The van der Waals surface area contributed by atoms with Crippen LogP contribution in [0.2, 0.25) is 0 Å². The molecule has 1 aromatic carbocycles. The molecular formula is C22H22FN3O4. The third-order valence-electron chi connectivity index (χ3n) is 5.22. The fraction of sp³-hybridized carbons (Fsp3) is 0.318. The van der Waals surface area contributed by atoms with Crippen LogP contribution < -0.4 is 10.9 Å². The van der Waals surface area contributed by atoms with Gasteiger partial charge in [-0.3, -0.25) is 14.6 Å². The lowest BCUT2D eigenvalue weighted by atomic mass is 10.1. The summed E-state index contributed by atoms with van der Waals surface area (Å²) in [5.41, 5.74) is 1.38. The number of aliphatic hydroxyl groups excluding tert-OH is 1. The summed E-state index contributed by atoms with van der Waals surface area (Å²) in [4.78, 5) is 29.8. The Kier molecular flexibility index (Phi) is 5.50. The summed E-state index contributed by atoms with van der Waals surface area (Å²) in [7, 11) is 0. The van der Waals surface area contributed by atoms with Gasteiger partial charge in [0.15, 0.2) is 5.75 Å². The van der Waals surface area contributed by atoms with Gasteiger partial charge in [0, 0.05) is 19.3 Å². The summed E-state index contributed by atoms with van der Waals surface area (Å²) in [6, 6.07) is 7.92. The van der Waals surface area contributed by atoms with E-state index in [4.69, 9.17) is 5.11 Å². The van der Waals surface area contributed by atoms with Crippen molar-refractivity contribution in [1.82, 2.24) is 14.9 Å². The van der Waals surface area contributed by atoms with Crippen LogP contribution >= 0.6 is 0 Å². The lowest BCUT2D eigenvalue weighted by Crippen LogP contribution is -2.35. The molecule has 0 atom stereocenters. The third kappa shape index (κ3) is 4.04.